The summed E-state index contributed by atoms with van der Waals surface area (Å²) in [5, 5.41) is 2.97. The number of benzene rings is 2. The Balaban J connectivity index is 1.64. The van der Waals surface area contributed by atoms with E-state index in [1.54, 1.807) is 11.9 Å². The van der Waals surface area contributed by atoms with Gasteiger partial charge in [-0.15, -0.1) is 0 Å². The fraction of sp³-hybridized carbons (Fsp3) is 0.278. The minimum Gasteiger partial charge on any atom is -0.352 e. The molecule has 1 fully saturated rings. The van der Waals surface area contributed by atoms with Crippen molar-refractivity contribution in [1.82, 2.24) is 10.0 Å². The predicted molar refractivity (Wildman–Crippen MR) is 91.6 cm³/mol. The van der Waals surface area contributed by atoms with Crippen LogP contribution in [0.4, 0.5) is 0 Å². The highest BCUT2D eigenvalue weighted by Crippen LogP contribution is 2.27. The topological polar surface area (TPSA) is 41.1 Å². The predicted octanol–water partition coefficient (Wildman–Crippen LogP) is 3.54. The van der Waals surface area contributed by atoms with Crippen LogP contribution >= 0.6 is 11.9 Å². The first-order valence-electron chi connectivity index (χ1n) is 7.57. The molecule has 0 radical (unpaired) electrons. The van der Waals surface area contributed by atoms with Crippen LogP contribution < -0.4 is 10.0 Å². The average molecular weight is 312 g/mol. The molecule has 1 amide bonds. The number of amides is 1. The molecule has 1 aliphatic rings. The summed E-state index contributed by atoms with van der Waals surface area (Å²) < 4.78 is 3.36. The van der Waals surface area contributed by atoms with Crippen molar-refractivity contribution in [1.29, 1.82) is 0 Å². The summed E-state index contributed by atoms with van der Waals surface area (Å²) in [6.45, 7) is 2.93. The van der Waals surface area contributed by atoms with Crippen LogP contribution in [0.5, 0.6) is 0 Å². The summed E-state index contributed by atoms with van der Waals surface area (Å²) in [4.78, 5) is 12.4. The molecule has 1 heterocycles. The van der Waals surface area contributed by atoms with Gasteiger partial charge < -0.3 is 5.32 Å². The molecule has 4 heteroatoms. The molecule has 0 aromatic heterocycles. The Hall–Kier alpha value is -1.78. The van der Waals surface area contributed by atoms with Gasteiger partial charge in [-0.25, -0.2) is 0 Å². The van der Waals surface area contributed by atoms with Gasteiger partial charge in [0.05, 0.1) is 0 Å². The normalized spacial score (nSPS) is 17.5. The van der Waals surface area contributed by atoms with Crippen molar-refractivity contribution in [2.45, 2.75) is 30.7 Å². The smallest absolute Gasteiger partial charge is 0.220 e. The fourth-order valence-electron chi connectivity index (χ4n) is 2.65. The number of hydrogen-bond donors (Lipinski definition) is 2. The van der Waals surface area contributed by atoms with Gasteiger partial charge in [0.2, 0.25) is 5.91 Å². The fourth-order valence-corrected chi connectivity index (χ4v) is 3.41. The lowest BCUT2D eigenvalue weighted by Gasteiger charge is -2.12. The van der Waals surface area contributed by atoms with Gasteiger partial charge in [0, 0.05) is 23.9 Å². The third-order valence-electron chi connectivity index (χ3n) is 3.90. The first kappa shape index (κ1) is 15.1. The van der Waals surface area contributed by atoms with Gasteiger partial charge >= 0.3 is 0 Å². The lowest BCUT2D eigenvalue weighted by atomic mass is 10.0. The quantitative estimate of drug-likeness (QED) is 0.830. The van der Waals surface area contributed by atoms with Crippen molar-refractivity contribution >= 4 is 17.9 Å². The molecular weight excluding hydrogens is 292 g/mol. The SMILES string of the molecule is Cc1ccc(SNCC2CCC(=O)N2)cc1-c1ccccc1. The number of rotatable bonds is 5. The highest BCUT2D eigenvalue weighted by Gasteiger charge is 2.19. The van der Waals surface area contributed by atoms with Crippen LogP contribution in [0.3, 0.4) is 0 Å². The van der Waals surface area contributed by atoms with Gasteiger partial charge in [-0.3, -0.25) is 9.52 Å². The maximum Gasteiger partial charge on any atom is 0.220 e. The van der Waals surface area contributed by atoms with Crippen LogP contribution in [0.15, 0.2) is 53.4 Å². The van der Waals surface area contributed by atoms with Crippen molar-refractivity contribution in [2.75, 3.05) is 6.54 Å². The highest BCUT2D eigenvalue weighted by atomic mass is 32.2. The molecule has 1 aliphatic heterocycles. The zero-order chi connectivity index (χ0) is 15.4. The van der Waals surface area contributed by atoms with E-state index in [4.69, 9.17) is 0 Å². The molecule has 2 aromatic rings. The second kappa shape index (κ2) is 6.99. The molecule has 22 heavy (non-hydrogen) atoms. The maximum atomic E-state index is 11.2. The summed E-state index contributed by atoms with van der Waals surface area (Å²) in [7, 11) is 0. The molecular formula is C18H20N2OS. The monoisotopic (exact) mass is 312 g/mol. The Morgan fingerprint density at radius 2 is 2.05 bits per heavy atom. The van der Waals surface area contributed by atoms with Crippen LogP contribution in [-0.4, -0.2) is 18.5 Å². The first-order valence-corrected chi connectivity index (χ1v) is 8.39. The largest absolute Gasteiger partial charge is 0.352 e. The van der Waals surface area contributed by atoms with E-state index in [9.17, 15) is 4.79 Å². The summed E-state index contributed by atoms with van der Waals surface area (Å²) in [5.41, 5.74) is 3.78. The number of hydrogen-bond acceptors (Lipinski definition) is 3. The van der Waals surface area contributed by atoms with Gasteiger partial charge in [-0.05, 0) is 54.1 Å². The lowest BCUT2D eigenvalue weighted by molar-refractivity contribution is -0.119. The van der Waals surface area contributed by atoms with E-state index in [1.807, 2.05) is 6.07 Å². The summed E-state index contributed by atoms with van der Waals surface area (Å²) >= 11 is 1.62. The van der Waals surface area contributed by atoms with E-state index >= 15 is 0 Å². The minimum atomic E-state index is 0.165. The molecule has 0 aliphatic carbocycles. The minimum absolute atomic E-state index is 0.165. The van der Waals surface area contributed by atoms with Crippen molar-refractivity contribution in [2.24, 2.45) is 0 Å². The molecule has 1 unspecified atom stereocenters. The number of nitrogens with one attached hydrogen (secondary N) is 2. The Labute approximate surface area is 135 Å². The van der Waals surface area contributed by atoms with Crippen LogP contribution in [0.1, 0.15) is 18.4 Å². The zero-order valence-corrected chi connectivity index (χ0v) is 13.5. The van der Waals surface area contributed by atoms with Gasteiger partial charge in [-0.1, -0.05) is 36.4 Å². The van der Waals surface area contributed by atoms with Crippen molar-refractivity contribution < 1.29 is 4.79 Å². The summed E-state index contributed by atoms with van der Waals surface area (Å²) in [6, 6.07) is 17.2. The van der Waals surface area contributed by atoms with Crippen LogP contribution in [0.2, 0.25) is 0 Å². The maximum absolute atomic E-state index is 11.2. The Kier molecular flexibility index (Phi) is 4.80. The molecule has 3 rings (SSSR count). The zero-order valence-electron chi connectivity index (χ0n) is 12.6. The molecule has 1 saturated heterocycles. The van der Waals surface area contributed by atoms with Crippen LogP contribution in [0.25, 0.3) is 11.1 Å². The Morgan fingerprint density at radius 3 is 2.77 bits per heavy atom. The van der Waals surface area contributed by atoms with Crippen LogP contribution in [-0.2, 0) is 4.79 Å². The lowest BCUT2D eigenvalue weighted by Crippen LogP contribution is -2.33. The van der Waals surface area contributed by atoms with Gasteiger partial charge in [0.15, 0.2) is 0 Å². The van der Waals surface area contributed by atoms with Gasteiger partial charge in [0.25, 0.3) is 0 Å². The number of carbonyl (C=O) groups is 1. The van der Waals surface area contributed by atoms with Gasteiger partial charge in [-0.2, -0.15) is 0 Å². The van der Waals surface area contributed by atoms with E-state index in [-0.39, 0.29) is 11.9 Å². The average Bonchev–Trinajstić information content (AvgIpc) is 2.95. The molecule has 0 saturated carbocycles. The first-order chi connectivity index (χ1) is 10.7. The van der Waals surface area contributed by atoms with Crippen molar-refractivity contribution in [3.05, 3.63) is 54.1 Å². The molecule has 1 atom stereocenters. The van der Waals surface area contributed by atoms with E-state index < -0.39 is 0 Å². The van der Waals surface area contributed by atoms with Gasteiger partial charge in [0.1, 0.15) is 0 Å². The van der Waals surface area contributed by atoms with E-state index in [0.29, 0.717) is 6.42 Å². The molecule has 114 valence electrons. The molecule has 0 bridgehead atoms. The van der Waals surface area contributed by atoms with E-state index in [0.717, 1.165) is 13.0 Å². The summed E-state index contributed by atoms with van der Waals surface area (Å²) in [6.07, 6.45) is 1.58. The number of carbonyl (C=O) groups excluding carboxylic acids is 1. The van der Waals surface area contributed by atoms with E-state index in [1.165, 1.54) is 21.6 Å². The Morgan fingerprint density at radius 1 is 1.23 bits per heavy atom. The third kappa shape index (κ3) is 3.70. The molecule has 3 nitrogen and oxygen atoms in total. The molecule has 0 spiro atoms. The standard InChI is InChI=1S/C18H20N2OS/c1-13-7-9-16(11-17(13)14-5-3-2-4-6-14)22-19-12-15-8-10-18(21)20-15/h2-7,9,11,15,19H,8,10,12H2,1H3,(H,20,21). The third-order valence-corrected chi connectivity index (χ3v) is 4.70. The molecule has 2 N–H and O–H groups in total. The second-order valence-corrected chi connectivity index (χ2v) is 6.56. The molecule has 2 aromatic carbocycles. The second-order valence-electron chi connectivity index (χ2n) is 5.60. The highest BCUT2D eigenvalue weighted by molar-refractivity contribution is 7.97. The van der Waals surface area contributed by atoms with Crippen molar-refractivity contribution in [3.63, 3.8) is 0 Å². The number of aryl methyl sites for hydroxylation is 1. The summed E-state index contributed by atoms with van der Waals surface area (Å²) in [5.74, 6) is 0.165. The van der Waals surface area contributed by atoms with E-state index in [2.05, 4.69) is 59.4 Å². The Bertz CT molecular complexity index is 657. The van der Waals surface area contributed by atoms with Crippen LogP contribution in [0, 0.1) is 6.92 Å². The van der Waals surface area contributed by atoms with Crippen molar-refractivity contribution in [3.8, 4) is 11.1 Å².